The largest absolute Gasteiger partial charge is 0.399 e. The van der Waals surface area contributed by atoms with Crippen molar-refractivity contribution in [3.05, 3.63) is 24.3 Å². The van der Waals surface area contributed by atoms with Gasteiger partial charge in [-0.1, -0.05) is 0 Å². The maximum atomic E-state index is 12.0. The Morgan fingerprint density at radius 2 is 1.86 bits per heavy atom. The molecule has 1 atom stereocenters. The van der Waals surface area contributed by atoms with Crippen molar-refractivity contribution in [2.24, 2.45) is 0 Å². The Balaban J connectivity index is 2.34. The molecule has 0 spiro atoms. The fourth-order valence-electron chi connectivity index (χ4n) is 1.35. The molecule has 76 valence electrons. The molecule has 14 heavy (non-hydrogen) atoms. The molecule has 4 nitrogen and oxygen atoms in total. The fourth-order valence-corrected chi connectivity index (χ4v) is 2.92. The van der Waals surface area contributed by atoms with Crippen LogP contribution in [0.5, 0.6) is 0 Å². The molecule has 2 rings (SSSR count). The maximum absolute atomic E-state index is 12.0. The van der Waals surface area contributed by atoms with E-state index in [1.165, 1.54) is 0 Å². The first-order valence-corrected chi connectivity index (χ1v) is 6.01. The smallest absolute Gasteiger partial charge is 0.137 e. The second-order valence-corrected chi connectivity index (χ2v) is 5.42. The van der Waals surface area contributed by atoms with E-state index in [2.05, 4.69) is 0 Å². The van der Waals surface area contributed by atoms with E-state index in [9.17, 15) is 4.21 Å². The number of anilines is 1. The van der Waals surface area contributed by atoms with Gasteiger partial charge in [0.1, 0.15) is 9.92 Å². The van der Waals surface area contributed by atoms with Crippen LogP contribution in [0.3, 0.4) is 0 Å². The molecular weight excluding hydrogens is 198 g/mol. The highest BCUT2D eigenvalue weighted by molar-refractivity contribution is 7.90. The summed E-state index contributed by atoms with van der Waals surface area (Å²) in [5, 5.41) is 0. The zero-order valence-corrected chi connectivity index (χ0v) is 8.59. The number of nitrogens with two attached hydrogens (primary N) is 1. The van der Waals surface area contributed by atoms with E-state index in [0.29, 0.717) is 10.6 Å². The number of rotatable bonds is 2. The Morgan fingerprint density at radius 3 is 2.29 bits per heavy atom. The molecule has 0 aromatic heterocycles. The summed E-state index contributed by atoms with van der Waals surface area (Å²) in [4.78, 5) is 0.548. The first-order chi connectivity index (χ1) is 6.60. The molecule has 0 radical (unpaired) electrons. The van der Waals surface area contributed by atoms with Crippen LogP contribution >= 0.6 is 0 Å². The van der Waals surface area contributed by atoms with Gasteiger partial charge < -0.3 is 5.73 Å². The summed E-state index contributed by atoms with van der Waals surface area (Å²) < 4.78 is 21.5. The lowest BCUT2D eigenvalue weighted by molar-refractivity contribution is 0.322. The van der Waals surface area contributed by atoms with Gasteiger partial charge in [0.25, 0.3) is 0 Å². The van der Waals surface area contributed by atoms with E-state index >= 15 is 0 Å². The summed E-state index contributed by atoms with van der Waals surface area (Å²) in [5.41, 5.74) is 6.16. The van der Waals surface area contributed by atoms with Gasteiger partial charge in [0, 0.05) is 18.8 Å². The Bertz CT molecular complexity index is 420. The predicted molar refractivity (Wildman–Crippen MR) is 56.2 cm³/mol. The second kappa shape index (κ2) is 3.25. The molecule has 0 bridgehead atoms. The van der Waals surface area contributed by atoms with Gasteiger partial charge in [-0.25, -0.2) is 13.3 Å². The zero-order valence-electron chi connectivity index (χ0n) is 7.77. The van der Waals surface area contributed by atoms with Gasteiger partial charge in [0.15, 0.2) is 0 Å². The number of benzene rings is 1. The van der Waals surface area contributed by atoms with E-state index in [1.54, 1.807) is 28.6 Å². The van der Waals surface area contributed by atoms with Gasteiger partial charge in [-0.3, -0.25) is 0 Å². The minimum atomic E-state index is -2.74. The van der Waals surface area contributed by atoms with E-state index < -0.39 is 9.92 Å². The molecule has 0 aliphatic carbocycles. The number of hydrogen-bond acceptors (Lipinski definition) is 3. The van der Waals surface area contributed by atoms with Crippen molar-refractivity contribution >= 4 is 15.6 Å². The Labute approximate surface area is 83.8 Å². The van der Waals surface area contributed by atoms with E-state index in [0.717, 1.165) is 19.5 Å². The molecule has 1 fully saturated rings. The number of nitrogens with one attached hydrogen (secondary N) is 1. The maximum Gasteiger partial charge on any atom is 0.137 e. The van der Waals surface area contributed by atoms with Gasteiger partial charge in [-0.05, 0) is 30.7 Å². The Morgan fingerprint density at radius 1 is 1.29 bits per heavy atom. The van der Waals surface area contributed by atoms with Crippen LogP contribution in [0.2, 0.25) is 0 Å². The third kappa shape index (κ3) is 1.49. The van der Waals surface area contributed by atoms with Crippen LogP contribution in [0.15, 0.2) is 29.2 Å². The van der Waals surface area contributed by atoms with Crippen LogP contribution in [0.25, 0.3) is 0 Å². The van der Waals surface area contributed by atoms with Crippen molar-refractivity contribution < 1.29 is 4.21 Å². The second-order valence-electron chi connectivity index (χ2n) is 3.38. The molecule has 1 aromatic carbocycles. The predicted octanol–water partition coefficient (Wildman–Crippen LogP) is 1.30. The highest BCUT2D eigenvalue weighted by Crippen LogP contribution is 2.22. The summed E-state index contributed by atoms with van der Waals surface area (Å²) in [6.07, 6.45) is 1.03. The molecule has 1 aliphatic rings. The molecule has 0 saturated carbocycles. The van der Waals surface area contributed by atoms with Crippen LogP contribution < -0.4 is 5.73 Å². The molecule has 5 heteroatoms. The average molecular weight is 211 g/mol. The molecule has 1 unspecified atom stereocenters. The molecule has 1 aliphatic heterocycles. The van der Waals surface area contributed by atoms with Crippen LogP contribution in [0.1, 0.15) is 6.42 Å². The standard InChI is InChI=1S/C9H13N3OS/c10-8-2-4-9(5-3-8)14(11,13)12-6-1-7-12/h2-5,11H,1,6-7,10H2. The van der Waals surface area contributed by atoms with Crippen molar-refractivity contribution in [1.29, 1.82) is 4.78 Å². The Hall–Kier alpha value is -1.07. The zero-order chi connectivity index (χ0) is 10.2. The van der Waals surface area contributed by atoms with Crippen molar-refractivity contribution in [2.45, 2.75) is 11.3 Å². The Kier molecular flexibility index (Phi) is 2.20. The highest BCUT2D eigenvalue weighted by atomic mass is 32.2. The SMILES string of the molecule is N=S(=O)(c1ccc(N)cc1)N1CCC1. The van der Waals surface area contributed by atoms with E-state index in [1.807, 2.05) is 0 Å². The number of hydrogen-bond donors (Lipinski definition) is 2. The van der Waals surface area contributed by atoms with Crippen molar-refractivity contribution in [2.75, 3.05) is 18.8 Å². The normalized spacial score (nSPS) is 21.1. The molecule has 1 saturated heterocycles. The summed E-state index contributed by atoms with van der Waals surface area (Å²) in [6, 6.07) is 6.71. The van der Waals surface area contributed by atoms with Crippen LogP contribution in [0.4, 0.5) is 5.69 Å². The summed E-state index contributed by atoms with van der Waals surface area (Å²) in [6.45, 7) is 1.51. The molecular formula is C9H13N3OS. The average Bonchev–Trinajstić information content (AvgIpc) is 2.00. The quantitative estimate of drug-likeness (QED) is 0.724. The van der Waals surface area contributed by atoms with Crippen LogP contribution in [0, 0.1) is 4.78 Å². The van der Waals surface area contributed by atoms with Gasteiger partial charge in [0.2, 0.25) is 0 Å². The first-order valence-electron chi connectivity index (χ1n) is 4.50. The van der Waals surface area contributed by atoms with Crippen molar-refractivity contribution in [3.63, 3.8) is 0 Å². The lowest BCUT2D eigenvalue weighted by Gasteiger charge is -2.32. The van der Waals surface area contributed by atoms with Crippen molar-refractivity contribution in [3.8, 4) is 0 Å². The fraction of sp³-hybridized carbons (Fsp3) is 0.333. The van der Waals surface area contributed by atoms with Gasteiger partial charge in [-0.2, -0.15) is 0 Å². The van der Waals surface area contributed by atoms with E-state index in [4.69, 9.17) is 10.5 Å². The van der Waals surface area contributed by atoms with E-state index in [-0.39, 0.29) is 0 Å². The number of nitrogen functional groups attached to an aromatic ring is 1. The lowest BCUT2D eigenvalue weighted by Crippen LogP contribution is -2.41. The summed E-state index contributed by atoms with van der Waals surface area (Å²) in [7, 11) is -2.74. The van der Waals surface area contributed by atoms with Gasteiger partial charge >= 0.3 is 0 Å². The third-order valence-corrected chi connectivity index (χ3v) is 4.38. The summed E-state index contributed by atoms with van der Waals surface area (Å²) >= 11 is 0. The minimum absolute atomic E-state index is 0.548. The number of nitrogens with zero attached hydrogens (tertiary/aromatic N) is 1. The monoisotopic (exact) mass is 211 g/mol. The molecule has 0 amide bonds. The minimum Gasteiger partial charge on any atom is -0.399 e. The molecule has 1 heterocycles. The highest BCUT2D eigenvalue weighted by Gasteiger charge is 2.25. The van der Waals surface area contributed by atoms with Gasteiger partial charge in [0.05, 0.1) is 4.90 Å². The van der Waals surface area contributed by atoms with Crippen LogP contribution in [-0.2, 0) is 9.92 Å². The molecule has 3 N–H and O–H groups in total. The topological polar surface area (TPSA) is 70.2 Å². The van der Waals surface area contributed by atoms with Crippen molar-refractivity contribution in [1.82, 2.24) is 4.31 Å². The molecule has 1 aromatic rings. The summed E-state index contributed by atoms with van der Waals surface area (Å²) in [5.74, 6) is 0. The van der Waals surface area contributed by atoms with Gasteiger partial charge in [-0.15, -0.1) is 0 Å². The lowest BCUT2D eigenvalue weighted by atomic mass is 10.3. The van der Waals surface area contributed by atoms with Crippen LogP contribution in [-0.4, -0.2) is 21.6 Å². The first kappa shape index (κ1) is 9.48. The third-order valence-electron chi connectivity index (χ3n) is 2.38.